The lowest BCUT2D eigenvalue weighted by atomic mass is 10.0. The number of hydrogen-bond acceptors (Lipinski definition) is 3. The summed E-state index contributed by atoms with van der Waals surface area (Å²) >= 11 is 0. The summed E-state index contributed by atoms with van der Waals surface area (Å²) in [6.45, 7) is 11.0. The predicted octanol–water partition coefficient (Wildman–Crippen LogP) is 2.02. The first kappa shape index (κ1) is 15.8. The first-order valence-electron chi connectivity index (χ1n) is 7.69. The fourth-order valence-corrected chi connectivity index (χ4v) is 2.77. The molecule has 0 unspecified atom stereocenters. The summed E-state index contributed by atoms with van der Waals surface area (Å²) in [5.74, 6) is 1.02. The number of aryl methyl sites for hydroxylation is 2. The maximum atomic E-state index is 12.5. The molecule has 1 fully saturated rings. The molecule has 0 spiro atoms. The lowest BCUT2D eigenvalue weighted by Gasteiger charge is -2.34. The first-order valence-corrected chi connectivity index (χ1v) is 7.69. The van der Waals surface area contributed by atoms with Crippen LogP contribution in [-0.4, -0.2) is 55.5 Å². The van der Waals surface area contributed by atoms with Gasteiger partial charge in [0.2, 0.25) is 5.91 Å². The van der Waals surface area contributed by atoms with E-state index in [9.17, 15) is 4.79 Å². The zero-order valence-electron chi connectivity index (χ0n) is 13.6. The first-order chi connectivity index (χ1) is 10.0. The molecule has 0 radical (unpaired) electrons. The number of likely N-dealkylation sites (N-methyl/N-ethyl adjacent to an activating group) is 1. The molecule has 4 nitrogen and oxygen atoms in total. The molecule has 4 heteroatoms. The SMILES string of the molecule is CCN1CCN(C(=O)Cc2cc(C)c(C)cc2OC)CC1. The highest BCUT2D eigenvalue weighted by Crippen LogP contribution is 2.24. The number of methoxy groups -OCH3 is 1. The van der Waals surface area contributed by atoms with Gasteiger partial charge in [0.25, 0.3) is 0 Å². The molecule has 1 aliphatic heterocycles. The van der Waals surface area contributed by atoms with Gasteiger partial charge in [-0.15, -0.1) is 0 Å². The molecule has 0 saturated carbocycles. The smallest absolute Gasteiger partial charge is 0.227 e. The Kier molecular flexibility index (Phi) is 5.23. The maximum Gasteiger partial charge on any atom is 0.227 e. The molecule has 0 bridgehead atoms. The molecule has 0 aromatic heterocycles. The van der Waals surface area contributed by atoms with E-state index in [0.29, 0.717) is 6.42 Å². The van der Waals surface area contributed by atoms with Crippen molar-refractivity contribution in [3.05, 3.63) is 28.8 Å². The van der Waals surface area contributed by atoms with Gasteiger partial charge in [-0.3, -0.25) is 4.79 Å². The van der Waals surface area contributed by atoms with Gasteiger partial charge in [-0.1, -0.05) is 13.0 Å². The third-order valence-electron chi connectivity index (χ3n) is 4.41. The van der Waals surface area contributed by atoms with E-state index in [2.05, 4.69) is 31.7 Å². The summed E-state index contributed by atoms with van der Waals surface area (Å²) in [6.07, 6.45) is 0.427. The van der Waals surface area contributed by atoms with Crippen LogP contribution in [0.3, 0.4) is 0 Å². The Morgan fingerprint density at radius 2 is 1.76 bits per heavy atom. The Bertz CT molecular complexity index is 506. The lowest BCUT2D eigenvalue weighted by Crippen LogP contribution is -2.48. The van der Waals surface area contributed by atoms with Gasteiger partial charge >= 0.3 is 0 Å². The Morgan fingerprint density at radius 1 is 1.14 bits per heavy atom. The van der Waals surface area contributed by atoms with Crippen LogP contribution in [0.5, 0.6) is 5.75 Å². The average Bonchev–Trinajstić information content (AvgIpc) is 2.50. The van der Waals surface area contributed by atoms with Crippen LogP contribution in [0.1, 0.15) is 23.6 Å². The van der Waals surface area contributed by atoms with E-state index in [-0.39, 0.29) is 5.91 Å². The second-order valence-electron chi connectivity index (χ2n) is 5.74. The van der Waals surface area contributed by atoms with Gasteiger partial charge in [0.15, 0.2) is 0 Å². The molecule has 2 rings (SSSR count). The zero-order chi connectivity index (χ0) is 15.4. The Labute approximate surface area is 127 Å². The molecule has 116 valence electrons. The molecule has 21 heavy (non-hydrogen) atoms. The molecule has 1 amide bonds. The minimum absolute atomic E-state index is 0.201. The Morgan fingerprint density at radius 3 is 2.33 bits per heavy atom. The van der Waals surface area contributed by atoms with Crippen LogP contribution >= 0.6 is 0 Å². The zero-order valence-corrected chi connectivity index (χ0v) is 13.6. The lowest BCUT2D eigenvalue weighted by molar-refractivity contribution is -0.132. The van der Waals surface area contributed by atoms with Gasteiger partial charge in [0.05, 0.1) is 13.5 Å². The van der Waals surface area contributed by atoms with Crippen molar-refractivity contribution in [3.63, 3.8) is 0 Å². The highest BCUT2D eigenvalue weighted by molar-refractivity contribution is 5.79. The minimum Gasteiger partial charge on any atom is -0.496 e. The topological polar surface area (TPSA) is 32.8 Å². The number of amides is 1. The van der Waals surface area contributed by atoms with Crippen LogP contribution in [0.25, 0.3) is 0 Å². The van der Waals surface area contributed by atoms with Gasteiger partial charge in [0.1, 0.15) is 5.75 Å². The number of hydrogen-bond donors (Lipinski definition) is 0. The summed E-state index contributed by atoms with van der Waals surface area (Å²) in [5, 5.41) is 0. The van der Waals surface area contributed by atoms with Crippen molar-refractivity contribution in [1.82, 2.24) is 9.80 Å². The molecule has 1 aliphatic rings. The van der Waals surface area contributed by atoms with E-state index in [1.807, 2.05) is 11.0 Å². The molecule has 1 aromatic rings. The fourth-order valence-electron chi connectivity index (χ4n) is 2.77. The third-order valence-corrected chi connectivity index (χ3v) is 4.41. The molecule has 0 N–H and O–H groups in total. The van der Waals surface area contributed by atoms with Crippen molar-refractivity contribution in [2.45, 2.75) is 27.2 Å². The number of ether oxygens (including phenoxy) is 1. The summed E-state index contributed by atoms with van der Waals surface area (Å²) in [6, 6.07) is 4.10. The van der Waals surface area contributed by atoms with Gasteiger partial charge in [-0.25, -0.2) is 0 Å². The highest BCUT2D eigenvalue weighted by Gasteiger charge is 2.21. The molecular formula is C17H26N2O2. The second-order valence-corrected chi connectivity index (χ2v) is 5.74. The van der Waals surface area contributed by atoms with Crippen LogP contribution in [0, 0.1) is 13.8 Å². The number of piperazine rings is 1. The van der Waals surface area contributed by atoms with Gasteiger partial charge in [-0.05, 0) is 37.6 Å². The van der Waals surface area contributed by atoms with Crippen LogP contribution in [0.4, 0.5) is 0 Å². The number of carbonyl (C=O) groups excluding carboxylic acids is 1. The Balaban J connectivity index is 2.04. The van der Waals surface area contributed by atoms with Crippen molar-refractivity contribution in [3.8, 4) is 5.75 Å². The predicted molar refractivity (Wildman–Crippen MR) is 84.9 cm³/mol. The number of nitrogens with zero attached hydrogens (tertiary/aromatic N) is 2. The monoisotopic (exact) mass is 290 g/mol. The van der Waals surface area contributed by atoms with Crippen molar-refractivity contribution in [2.24, 2.45) is 0 Å². The summed E-state index contributed by atoms with van der Waals surface area (Å²) in [4.78, 5) is 16.8. The molecule has 1 aromatic carbocycles. The van der Waals surface area contributed by atoms with Crippen molar-refractivity contribution in [1.29, 1.82) is 0 Å². The summed E-state index contributed by atoms with van der Waals surface area (Å²) in [5.41, 5.74) is 3.39. The van der Waals surface area contributed by atoms with Crippen molar-refractivity contribution >= 4 is 5.91 Å². The van der Waals surface area contributed by atoms with E-state index < -0.39 is 0 Å². The van der Waals surface area contributed by atoms with Crippen LogP contribution in [-0.2, 0) is 11.2 Å². The molecular weight excluding hydrogens is 264 g/mol. The number of benzene rings is 1. The highest BCUT2D eigenvalue weighted by atomic mass is 16.5. The van der Waals surface area contributed by atoms with E-state index >= 15 is 0 Å². The van der Waals surface area contributed by atoms with E-state index in [0.717, 1.165) is 44.0 Å². The summed E-state index contributed by atoms with van der Waals surface area (Å²) in [7, 11) is 1.66. The standard InChI is InChI=1S/C17H26N2O2/c1-5-18-6-8-19(9-7-18)17(20)12-15-10-13(2)14(3)11-16(15)21-4/h10-11H,5-9,12H2,1-4H3. The fraction of sp³-hybridized carbons (Fsp3) is 0.588. The largest absolute Gasteiger partial charge is 0.496 e. The minimum atomic E-state index is 0.201. The van der Waals surface area contributed by atoms with Crippen LogP contribution in [0.15, 0.2) is 12.1 Å². The van der Waals surface area contributed by atoms with Crippen LogP contribution in [0.2, 0.25) is 0 Å². The normalized spacial score (nSPS) is 16.1. The average molecular weight is 290 g/mol. The van der Waals surface area contributed by atoms with Crippen molar-refractivity contribution in [2.75, 3.05) is 39.8 Å². The number of carbonyl (C=O) groups is 1. The summed E-state index contributed by atoms with van der Waals surface area (Å²) < 4.78 is 5.42. The van der Waals surface area contributed by atoms with Gasteiger partial charge in [0, 0.05) is 31.7 Å². The molecule has 0 atom stereocenters. The van der Waals surface area contributed by atoms with E-state index in [1.165, 1.54) is 11.1 Å². The molecule has 1 heterocycles. The van der Waals surface area contributed by atoms with E-state index in [1.54, 1.807) is 7.11 Å². The van der Waals surface area contributed by atoms with Gasteiger partial charge < -0.3 is 14.5 Å². The van der Waals surface area contributed by atoms with Crippen LogP contribution < -0.4 is 4.74 Å². The second kappa shape index (κ2) is 6.94. The molecule has 0 aliphatic carbocycles. The van der Waals surface area contributed by atoms with Crippen molar-refractivity contribution < 1.29 is 9.53 Å². The van der Waals surface area contributed by atoms with E-state index in [4.69, 9.17) is 4.74 Å². The number of rotatable bonds is 4. The quantitative estimate of drug-likeness (QED) is 0.850. The maximum absolute atomic E-state index is 12.5. The molecule has 1 saturated heterocycles. The van der Waals surface area contributed by atoms with Gasteiger partial charge in [-0.2, -0.15) is 0 Å². The Hall–Kier alpha value is -1.55. The third kappa shape index (κ3) is 3.76.